The van der Waals surface area contributed by atoms with E-state index in [1.165, 1.54) is 7.11 Å². The van der Waals surface area contributed by atoms with E-state index in [1.54, 1.807) is 18.2 Å². The molecule has 1 aliphatic rings. The van der Waals surface area contributed by atoms with Crippen molar-refractivity contribution in [2.75, 3.05) is 31.7 Å². The number of esters is 1. The number of aromatic nitrogens is 1. The van der Waals surface area contributed by atoms with Crippen LogP contribution in [0.3, 0.4) is 0 Å². The van der Waals surface area contributed by atoms with Crippen LogP contribution in [0.25, 0.3) is 11.1 Å². The number of nitrogens with zero attached hydrogens (tertiary/aromatic N) is 2. The van der Waals surface area contributed by atoms with Gasteiger partial charge < -0.3 is 24.5 Å². The van der Waals surface area contributed by atoms with E-state index < -0.39 is 18.6 Å². The topological polar surface area (TPSA) is 105 Å². The summed E-state index contributed by atoms with van der Waals surface area (Å²) < 4.78 is 10.3. The van der Waals surface area contributed by atoms with Gasteiger partial charge in [-0.25, -0.2) is 4.79 Å². The number of carbonyl (C=O) groups is 2. The minimum absolute atomic E-state index is 0.247. The summed E-state index contributed by atoms with van der Waals surface area (Å²) in [5.74, 6) is -1.18. The van der Waals surface area contributed by atoms with E-state index in [2.05, 4.69) is 15.0 Å². The number of hydrogen-bond acceptors (Lipinski definition) is 7. The van der Waals surface area contributed by atoms with Crippen LogP contribution in [0, 0.1) is 5.92 Å². The van der Waals surface area contributed by atoms with Crippen molar-refractivity contribution in [2.45, 2.75) is 18.9 Å². The average Bonchev–Trinajstić information content (AvgIpc) is 3.08. The Kier molecular flexibility index (Phi) is 5.63. The number of methoxy groups -OCH3 is 1. The van der Waals surface area contributed by atoms with Crippen LogP contribution in [0.1, 0.15) is 12.8 Å². The Morgan fingerprint density at radius 3 is 2.85 bits per heavy atom. The first-order valence-corrected chi connectivity index (χ1v) is 8.69. The van der Waals surface area contributed by atoms with E-state index in [1.807, 2.05) is 4.90 Å². The van der Waals surface area contributed by atoms with Gasteiger partial charge in [0.1, 0.15) is 5.52 Å². The molecule has 1 aliphatic heterocycles. The van der Waals surface area contributed by atoms with Gasteiger partial charge in [-0.2, -0.15) is 4.98 Å². The molecular formula is C17H20ClN3O5. The van der Waals surface area contributed by atoms with Gasteiger partial charge in [-0.1, -0.05) is 11.6 Å². The number of aliphatic hydroxyl groups is 1. The molecule has 0 aliphatic carbocycles. The van der Waals surface area contributed by atoms with Crippen LogP contribution in [0.4, 0.5) is 6.01 Å². The maximum absolute atomic E-state index is 12.3. The average molecular weight is 382 g/mol. The lowest BCUT2D eigenvalue weighted by atomic mass is 9.96. The maximum atomic E-state index is 12.3. The Balaban J connectivity index is 1.59. The minimum atomic E-state index is -1.03. The second kappa shape index (κ2) is 7.92. The number of anilines is 1. The van der Waals surface area contributed by atoms with E-state index in [-0.39, 0.29) is 11.8 Å². The lowest BCUT2D eigenvalue weighted by Gasteiger charge is -2.30. The first kappa shape index (κ1) is 18.5. The van der Waals surface area contributed by atoms with Gasteiger partial charge in [0.2, 0.25) is 5.91 Å². The van der Waals surface area contributed by atoms with Gasteiger partial charge in [0, 0.05) is 30.1 Å². The van der Waals surface area contributed by atoms with E-state index in [0.717, 1.165) is 5.52 Å². The van der Waals surface area contributed by atoms with Crippen molar-refractivity contribution in [1.82, 2.24) is 10.3 Å². The number of ether oxygens (including phenoxy) is 1. The third kappa shape index (κ3) is 3.91. The van der Waals surface area contributed by atoms with Crippen molar-refractivity contribution < 1.29 is 23.8 Å². The van der Waals surface area contributed by atoms with Gasteiger partial charge in [0.05, 0.1) is 13.7 Å². The summed E-state index contributed by atoms with van der Waals surface area (Å²) in [5, 5.41) is 12.3. The minimum Gasteiger partial charge on any atom is -0.467 e. The summed E-state index contributed by atoms with van der Waals surface area (Å²) >= 11 is 5.96. The molecule has 2 heterocycles. The zero-order valence-corrected chi connectivity index (χ0v) is 15.0. The second-order valence-electron chi connectivity index (χ2n) is 6.14. The lowest BCUT2D eigenvalue weighted by molar-refractivity contribution is -0.146. The van der Waals surface area contributed by atoms with E-state index in [4.69, 9.17) is 16.0 Å². The van der Waals surface area contributed by atoms with Gasteiger partial charge in [-0.15, -0.1) is 0 Å². The van der Waals surface area contributed by atoms with Crippen molar-refractivity contribution in [1.29, 1.82) is 0 Å². The van der Waals surface area contributed by atoms with Crippen LogP contribution in [0.15, 0.2) is 22.6 Å². The highest BCUT2D eigenvalue weighted by atomic mass is 35.5. The number of benzene rings is 1. The maximum Gasteiger partial charge on any atom is 0.330 e. The van der Waals surface area contributed by atoms with Gasteiger partial charge in [0.25, 0.3) is 6.01 Å². The summed E-state index contributed by atoms with van der Waals surface area (Å²) in [6, 6.07) is 4.74. The molecule has 3 rings (SSSR count). The Bertz CT molecular complexity index is 801. The van der Waals surface area contributed by atoms with Gasteiger partial charge in [-0.05, 0) is 25.0 Å². The Labute approximate surface area is 155 Å². The number of piperidine rings is 1. The molecule has 0 saturated carbocycles. The Morgan fingerprint density at radius 1 is 1.46 bits per heavy atom. The number of hydrogen-bond donors (Lipinski definition) is 2. The second-order valence-corrected chi connectivity index (χ2v) is 6.57. The number of rotatable bonds is 5. The summed E-state index contributed by atoms with van der Waals surface area (Å²) in [7, 11) is 1.21. The summed E-state index contributed by atoms with van der Waals surface area (Å²) in [6.45, 7) is 0.698. The van der Waals surface area contributed by atoms with Crippen molar-refractivity contribution >= 4 is 40.6 Å². The fourth-order valence-corrected chi connectivity index (χ4v) is 3.13. The van der Waals surface area contributed by atoms with Gasteiger partial charge in [-0.3, -0.25) is 4.79 Å². The van der Waals surface area contributed by atoms with Crippen LogP contribution in [-0.4, -0.2) is 54.8 Å². The normalized spacial score (nSPS) is 16.5. The molecule has 1 atom stereocenters. The van der Waals surface area contributed by atoms with Crippen molar-refractivity contribution in [3.05, 3.63) is 23.2 Å². The molecular weight excluding hydrogens is 362 g/mol. The smallest absolute Gasteiger partial charge is 0.330 e. The molecule has 2 aromatic rings. The van der Waals surface area contributed by atoms with Crippen LogP contribution in [-0.2, 0) is 14.3 Å². The molecule has 9 heteroatoms. The Morgan fingerprint density at radius 2 is 2.19 bits per heavy atom. The molecule has 0 spiro atoms. The van der Waals surface area contributed by atoms with Crippen LogP contribution in [0.2, 0.25) is 5.02 Å². The number of fused-ring (bicyclic) bond motifs is 1. The fourth-order valence-electron chi connectivity index (χ4n) is 2.97. The quantitative estimate of drug-likeness (QED) is 0.753. The highest BCUT2D eigenvalue weighted by Crippen LogP contribution is 2.28. The number of halogens is 1. The third-order valence-electron chi connectivity index (χ3n) is 4.46. The fraction of sp³-hybridized carbons (Fsp3) is 0.471. The predicted octanol–water partition coefficient (Wildman–Crippen LogP) is 1.35. The molecule has 26 heavy (non-hydrogen) atoms. The molecule has 1 aromatic heterocycles. The van der Waals surface area contributed by atoms with Crippen molar-refractivity contribution in [2.24, 2.45) is 5.92 Å². The molecule has 1 unspecified atom stereocenters. The zero-order valence-electron chi connectivity index (χ0n) is 14.3. The van der Waals surface area contributed by atoms with E-state index in [0.29, 0.717) is 42.6 Å². The predicted molar refractivity (Wildman–Crippen MR) is 95.0 cm³/mol. The molecule has 0 radical (unpaired) electrons. The summed E-state index contributed by atoms with van der Waals surface area (Å²) in [4.78, 5) is 30.2. The van der Waals surface area contributed by atoms with Gasteiger partial charge >= 0.3 is 5.97 Å². The zero-order chi connectivity index (χ0) is 18.7. The molecule has 1 amide bonds. The van der Waals surface area contributed by atoms with Crippen molar-refractivity contribution in [3.8, 4) is 0 Å². The molecule has 2 N–H and O–H groups in total. The molecule has 8 nitrogen and oxygen atoms in total. The van der Waals surface area contributed by atoms with E-state index >= 15 is 0 Å². The number of amides is 1. The number of aliphatic hydroxyl groups excluding tert-OH is 1. The van der Waals surface area contributed by atoms with Crippen LogP contribution in [0.5, 0.6) is 0 Å². The molecule has 1 fully saturated rings. The summed E-state index contributed by atoms with van der Waals surface area (Å²) in [6.07, 6.45) is 1.18. The molecule has 0 bridgehead atoms. The lowest BCUT2D eigenvalue weighted by Crippen LogP contribution is -2.48. The molecule has 1 saturated heterocycles. The van der Waals surface area contributed by atoms with E-state index in [9.17, 15) is 14.7 Å². The van der Waals surface area contributed by atoms with Crippen LogP contribution >= 0.6 is 11.6 Å². The molecule has 1 aromatic carbocycles. The standard InChI is InChI=1S/C17H20ClN3O5/c1-25-16(24)13(9-22)19-15(23)10-4-6-21(7-5-10)17-20-12-3-2-11(18)8-14(12)26-17/h2-3,8,10,13,22H,4-7,9H2,1H3,(H,19,23). The largest absolute Gasteiger partial charge is 0.467 e. The highest BCUT2D eigenvalue weighted by Gasteiger charge is 2.30. The monoisotopic (exact) mass is 381 g/mol. The SMILES string of the molecule is COC(=O)C(CO)NC(=O)C1CCN(c2nc3ccc(Cl)cc3o2)CC1. The van der Waals surface area contributed by atoms with Gasteiger partial charge in [0.15, 0.2) is 11.6 Å². The Hall–Kier alpha value is -2.32. The first-order chi connectivity index (χ1) is 12.5. The summed E-state index contributed by atoms with van der Waals surface area (Å²) in [5.41, 5.74) is 1.35. The first-order valence-electron chi connectivity index (χ1n) is 8.32. The number of nitrogens with one attached hydrogen (secondary N) is 1. The molecule has 140 valence electrons. The highest BCUT2D eigenvalue weighted by molar-refractivity contribution is 6.31. The number of oxazole rings is 1. The van der Waals surface area contributed by atoms with Crippen molar-refractivity contribution in [3.63, 3.8) is 0 Å². The third-order valence-corrected chi connectivity index (χ3v) is 4.70. The number of carbonyl (C=O) groups excluding carboxylic acids is 2. The van der Waals surface area contributed by atoms with Crippen LogP contribution < -0.4 is 10.2 Å².